The zero-order valence-electron chi connectivity index (χ0n) is 9.95. The van der Waals surface area contributed by atoms with Gasteiger partial charge in [-0.3, -0.25) is 4.79 Å². The van der Waals surface area contributed by atoms with Gasteiger partial charge >= 0.3 is 5.97 Å². The molecule has 3 N–H and O–H groups in total. The average Bonchev–Trinajstić information content (AvgIpc) is 2.20. The van der Waals surface area contributed by atoms with Gasteiger partial charge in [0.1, 0.15) is 0 Å². The van der Waals surface area contributed by atoms with E-state index in [2.05, 4.69) is 0 Å². The van der Waals surface area contributed by atoms with E-state index >= 15 is 0 Å². The number of hydrogen-bond acceptors (Lipinski definition) is 4. The maximum Gasteiger partial charge on any atom is 0.313 e. The summed E-state index contributed by atoms with van der Waals surface area (Å²) in [5.74, 6) is -0.240. The van der Waals surface area contributed by atoms with Crippen LogP contribution in [0.1, 0.15) is 40.0 Å². The minimum Gasteiger partial charge on any atom is -0.466 e. The van der Waals surface area contributed by atoms with E-state index in [0.717, 1.165) is 0 Å². The van der Waals surface area contributed by atoms with Gasteiger partial charge in [0.25, 0.3) is 0 Å². The Morgan fingerprint density at radius 2 is 2.13 bits per heavy atom. The lowest BCUT2D eigenvalue weighted by molar-refractivity contribution is -0.155. The van der Waals surface area contributed by atoms with Crippen LogP contribution in [0.25, 0.3) is 0 Å². The first kappa shape index (κ1) is 14.4. The molecule has 0 saturated carbocycles. The Hall–Kier alpha value is -0.610. The Balaban J connectivity index is 4.49. The second-order valence-corrected chi connectivity index (χ2v) is 3.95. The highest BCUT2D eigenvalue weighted by Crippen LogP contribution is 2.29. The number of rotatable bonds is 7. The smallest absolute Gasteiger partial charge is 0.313 e. The fourth-order valence-electron chi connectivity index (χ4n) is 1.52. The van der Waals surface area contributed by atoms with Crippen LogP contribution in [0.2, 0.25) is 0 Å². The van der Waals surface area contributed by atoms with Crippen LogP contribution in [0.5, 0.6) is 0 Å². The Morgan fingerprint density at radius 1 is 1.53 bits per heavy atom. The summed E-state index contributed by atoms with van der Waals surface area (Å²) in [5.41, 5.74) is 5.04. The van der Waals surface area contributed by atoms with Crippen molar-refractivity contribution in [3.8, 4) is 0 Å². The van der Waals surface area contributed by atoms with Gasteiger partial charge in [0.05, 0.1) is 18.1 Å². The standard InChI is InChI=1S/C11H23NO3/c1-4-11(8-12,7-6-9(3)13)10(14)15-5-2/h9,13H,4-8,12H2,1-3H3. The molecule has 0 amide bonds. The summed E-state index contributed by atoms with van der Waals surface area (Å²) >= 11 is 0. The highest BCUT2D eigenvalue weighted by molar-refractivity contribution is 5.77. The zero-order chi connectivity index (χ0) is 11.9. The van der Waals surface area contributed by atoms with E-state index < -0.39 is 11.5 Å². The van der Waals surface area contributed by atoms with Crippen LogP contribution < -0.4 is 5.73 Å². The fourth-order valence-corrected chi connectivity index (χ4v) is 1.52. The summed E-state index contributed by atoms with van der Waals surface area (Å²) in [6.45, 7) is 6.06. The third kappa shape index (κ3) is 4.18. The van der Waals surface area contributed by atoms with Gasteiger partial charge in [-0.2, -0.15) is 0 Å². The molecule has 0 radical (unpaired) electrons. The molecule has 2 unspecified atom stereocenters. The average molecular weight is 217 g/mol. The molecule has 0 bridgehead atoms. The van der Waals surface area contributed by atoms with Gasteiger partial charge < -0.3 is 15.6 Å². The summed E-state index contributed by atoms with van der Waals surface area (Å²) in [7, 11) is 0. The van der Waals surface area contributed by atoms with Crippen LogP contribution >= 0.6 is 0 Å². The van der Waals surface area contributed by atoms with Gasteiger partial charge in [-0.15, -0.1) is 0 Å². The first-order valence-corrected chi connectivity index (χ1v) is 5.57. The molecule has 0 saturated heterocycles. The molecule has 0 aromatic carbocycles. The van der Waals surface area contributed by atoms with Crippen molar-refractivity contribution in [3.05, 3.63) is 0 Å². The lowest BCUT2D eigenvalue weighted by atomic mass is 9.80. The van der Waals surface area contributed by atoms with Gasteiger partial charge in [-0.25, -0.2) is 0 Å². The van der Waals surface area contributed by atoms with Crippen LogP contribution in [0, 0.1) is 5.41 Å². The van der Waals surface area contributed by atoms with E-state index in [0.29, 0.717) is 25.9 Å². The van der Waals surface area contributed by atoms with Crippen molar-refractivity contribution in [2.24, 2.45) is 11.1 Å². The molecular weight excluding hydrogens is 194 g/mol. The predicted octanol–water partition coefficient (Wildman–Crippen LogP) is 1.07. The van der Waals surface area contributed by atoms with Crippen molar-refractivity contribution >= 4 is 5.97 Å². The van der Waals surface area contributed by atoms with Crippen molar-refractivity contribution in [1.29, 1.82) is 0 Å². The normalized spacial score (nSPS) is 16.9. The number of ether oxygens (including phenoxy) is 1. The summed E-state index contributed by atoms with van der Waals surface area (Å²) in [6, 6.07) is 0. The van der Waals surface area contributed by atoms with E-state index in [9.17, 15) is 9.90 Å². The van der Waals surface area contributed by atoms with Gasteiger partial charge in [0.15, 0.2) is 0 Å². The number of carbonyl (C=O) groups excluding carboxylic acids is 1. The summed E-state index contributed by atoms with van der Waals surface area (Å²) in [5, 5.41) is 9.23. The van der Waals surface area contributed by atoms with E-state index in [-0.39, 0.29) is 12.5 Å². The lowest BCUT2D eigenvalue weighted by Gasteiger charge is -2.29. The van der Waals surface area contributed by atoms with Gasteiger partial charge in [0.2, 0.25) is 0 Å². The van der Waals surface area contributed by atoms with E-state index in [1.165, 1.54) is 0 Å². The number of esters is 1. The maximum atomic E-state index is 11.8. The monoisotopic (exact) mass is 217 g/mol. The molecule has 15 heavy (non-hydrogen) atoms. The molecule has 0 aliphatic carbocycles. The van der Waals surface area contributed by atoms with Crippen molar-refractivity contribution in [3.63, 3.8) is 0 Å². The Bertz CT molecular complexity index is 188. The molecule has 0 aromatic rings. The summed E-state index contributed by atoms with van der Waals surface area (Å²) in [4.78, 5) is 11.8. The molecule has 0 heterocycles. The molecule has 0 rings (SSSR count). The summed E-state index contributed by atoms with van der Waals surface area (Å²) < 4.78 is 5.02. The van der Waals surface area contributed by atoms with Crippen molar-refractivity contribution < 1.29 is 14.6 Å². The molecule has 0 spiro atoms. The third-order valence-corrected chi connectivity index (χ3v) is 2.82. The van der Waals surface area contributed by atoms with Crippen molar-refractivity contribution in [2.75, 3.05) is 13.2 Å². The number of aliphatic hydroxyl groups is 1. The Kier molecular flexibility index (Phi) is 6.52. The molecule has 0 aliphatic heterocycles. The number of nitrogens with two attached hydrogens (primary N) is 1. The second kappa shape index (κ2) is 6.80. The van der Waals surface area contributed by atoms with Gasteiger partial charge in [-0.05, 0) is 33.1 Å². The van der Waals surface area contributed by atoms with E-state index in [4.69, 9.17) is 10.5 Å². The summed E-state index contributed by atoms with van der Waals surface area (Å²) in [6.07, 6.45) is 1.40. The zero-order valence-corrected chi connectivity index (χ0v) is 9.95. The molecule has 4 heteroatoms. The minimum absolute atomic E-state index is 0.240. The molecule has 2 atom stereocenters. The van der Waals surface area contributed by atoms with Crippen LogP contribution in [0.15, 0.2) is 0 Å². The molecule has 0 aromatic heterocycles. The predicted molar refractivity (Wildman–Crippen MR) is 59.3 cm³/mol. The number of hydrogen-bond donors (Lipinski definition) is 2. The molecular formula is C11H23NO3. The van der Waals surface area contributed by atoms with Gasteiger partial charge in [0, 0.05) is 6.54 Å². The van der Waals surface area contributed by atoms with Gasteiger partial charge in [-0.1, -0.05) is 6.92 Å². The Morgan fingerprint density at radius 3 is 2.47 bits per heavy atom. The molecule has 0 aliphatic rings. The van der Waals surface area contributed by atoms with Crippen molar-refractivity contribution in [2.45, 2.75) is 46.1 Å². The minimum atomic E-state index is -0.618. The fraction of sp³-hybridized carbons (Fsp3) is 0.909. The van der Waals surface area contributed by atoms with Crippen LogP contribution in [-0.4, -0.2) is 30.3 Å². The third-order valence-electron chi connectivity index (χ3n) is 2.82. The van der Waals surface area contributed by atoms with Crippen LogP contribution in [0.4, 0.5) is 0 Å². The second-order valence-electron chi connectivity index (χ2n) is 3.95. The molecule has 0 fully saturated rings. The first-order chi connectivity index (χ1) is 7.02. The topological polar surface area (TPSA) is 72.5 Å². The first-order valence-electron chi connectivity index (χ1n) is 5.57. The maximum absolute atomic E-state index is 11.8. The largest absolute Gasteiger partial charge is 0.466 e. The van der Waals surface area contributed by atoms with Crippen LogP contribution in [-0.2, 0) is 9.53 Å². The Labute approximate surface area is 91.8 Å². The van der Waals surface area contributed by atoms with E-state index in [1.807, 2.05) is 6.92 Å². The number of aliphatic hydroxyl groups excluding tert-OH is 1. The molecule has 4 nitrogen and oxygen atoms in total. The SMILES string of the molecule is CCOC(=O)C(CC)(CN)CCC(C)O. The molecule has 90 valence electrons. The lowest BCUT2D eigenvalue weighted by Crippen LogP contribution is -2.40. The highest BCUT2D eigenvalue weighted by Gasteiger charge is 2.36. The number of carbonyl (C=O) groups is 1. The quantitative estimate of drug-likeness (QED) is 0.626. The van der Waals surface area contributed by atoms with Crippen molar-refractivity contribution in [1.82, 2.24) is 0 Å². The van der Waals surface area contributed by atoms with Crippen LogP contribution in [0.3, 0.4) is 0 Å². The highest BCUT2D eigenvalue weighted by atomic mass is 16.5. The van der Waals surface area contributed by atoms with E-state index in [1.54, 1.807) is 13.8 Å².